The number of H-pyrrole nitrogens is 1. The largest absolute Gasteiger partial charge is 0.508 e. The van der Waals surface area contributed by atoms with E-state index in [0.717, 1.165) is 5.56 Å². The fraction of sp³-hybridized carbons (Fsp3) is 0.211. The summed E-state index contributed by atoms with van der Waals surface area (Å²) in [5.41, 5.74) is 1.80. The number of benzene rings is 2. The van der Waals surface area contributed by atoms with Gasteiger partial charge in [0.05, 0.1) is 10.9 Å². The Morgan fingerprint density at radius 2 is 2.04 bits per heavy atom. The summed E-state index contributed by atoms with van der Waals surface area (Å²) in [5, 5.41) is 13.0. The van der Waals surface area contributed by atoms with Gasteiger partial charge in [-0.2, -0.15) is 0 Å². The lowest BCUT2D eigenvalue weighted by Gasteiger charge is -2.07. The molecule has 3 aromatic rings. The van der Waals surface area contributed by atoms with Crippen LogP contribution in [-0.2, 0) is 11.2 Å². The van der Waals surface area contributed by atoms with Crippen LogP contribution >= 0.6 is 0 Å². The minimum Gasteiger partial charge on any atom is -0.508 e. The zero-order valence-corrected chi connectivity index (χ0v) is 13.9. The van der Waals surface area contributed by atoms with E-state index < -0.39 is 0 Å². The highest BCUT2D eigenvalue weighted by Gasteiger charge is 2.07. The van der Waals surface area contributed by atoms with Gasteiger partial charge in [-0.1, -0.05) is 18.2 Å². The van der Waals surface area contributed by atoms with Crippen LogP contribution < -0.4 is 10.9 Å². The van der Waals surface area contributed by atoms with E-state index in [1.165, 1.54) is 6.07 Å². The third kappa shape index (κ3) is 4.03. The zero-order valence-electron chi connectivity index (χ0n) is 13.9. The molecule has 1 aromatic heterocycles. The van der Waals surface area contributed by atoms with Gasteiger partial charge in [0.25, 0.3) is 5.56 Å². The average molecular weight is 337 g/mol. The molecule has 3 N–H and O–H groups in total. The van der Waals surface area contributed by atoms with Gasteiger partial charge in [0.2, 0.25) is 5.91 Å². The van der Waals surface area contributed by atoms with Gasteiger partial charge in [0.1, 0.15) is 11.6 Å². The maximum absolute atomic E-state index is 12.0. The van der Waals surface area contributed by atoms with Crippen molar-refractivity contribution in [2.24, 2.45) is 0 Å². The number of phenolic OH excluding ortho intramolecular Hbond substituents is 1. The van der Waals surface area contributed by atoms with Crippen molar-refractivity contribution in [3.8, 4) is 5.75 Å². The number of aromatic amines is 1. The van der Waals surface area contributed by atoms with Crippen molar-refractivity contribution in [2.45, 2.75) is 26.2 Å². The molecule has 0 spiro atoms. The second-order valence-electron chi connectivity index (χ2n) is 5.93. The van der Waals surface area contributed by atoms with Crippen molar-refractivity contribution in [2.75, 3.05) is 5.32 Å². The fourth-order valence-corrected chi connectivity index (χ4v) is 2.58. The van der Waals surface area contributed by atoms with Crippen LogP contribution in [0.5, 0.6) is 5.75 Å². The second kappa shape index (κ2) is 7.17. The molecule has 2 aromatic carbocycles. The van der Waals surface area contributed by atoms with Crippen molar-refractivity contribution in [3.05, 3.63) is 64.2 Å². The summed E-state index contributed by atoms with van der Waals surface area (Å²) in [6.45, 7) is 1.79. The van der Waals surface area contributed by atoms with Crippen molar-refractivity contribution >= 4 is 22.5 Å². The summed E-state index contributed by atoms with van der Waals surface area (Å²) in [4.78, 5) is 31.2. The first-order valence-electron chi connectivity index (χ1n) is 8.10. The van der Waals surface area contributed by atoms with Crippen molar-refractivity contribution in [1.29, 1.82) is 0 Å². The van der Waals surface area contributed by atoms with Gasteiger partial charge < -0.3 is 15.4 Å². The molecular weight excluding hydrogens is 318 g/mol. The maximum Gasteiger partial charge on any atom is 0.258 e. The summed E-state index contributed by atoms with van der Waals surface area (Å²) in [5.74, 6) is 0.576. The number of amides is 1. The minimum absolute atomic E-state index is 0.147. The van der Waals surface area contributed by atoms with Crippen LogP contribution in [0, 0.1) is 6.92 Å². The molecule has 25 heavy (non-hydrogen) atoms. The molecule has 6 heteroatoms. The van der Waals surface area contributed by atoms with Gasteiger partial charge in [-0.15, -0.1) is 0 Å². The number of aromatic nitrogens is 2. The number of carbonyl (C=O) groups is 1. The third-order valence-electron chi connectivity index (χ3n) is 3.97. The Morgan fingerprint density at radius 1 is 1.24 bits per heavy atom. The summed E-state index contributed by atoms with van der Waals surface area (Å²) < 4.78 is 0. The first-order chi connectivity index (χ1) is 12.0. The van der Waals surface area contributed by atoms with Crippen molar-refractivity contribution in [3.63, 3.8) is 0 Å². The molecule has 0 aliphatic heterocycles. The molecule has 1 heterocycles. The van der Waals surface area contributed by atoms with Gasteiger partial charge in [-0.25, -0.2) is 4.98 Å². The Hall–Kier alpha value is -3.15. The summed E-state index contributed by atoms with van der Waals surface area (Å²) >= 11 is 0. The van der Waals surface area contributed by atoms with E-state index in [1.54, 1.807) is 37.3 Å². The van der Waals surface area contributed by atoms with Crippen LogP contribution in [0.3, 0.4) is 0 Å². The van der Waals surface area contributed by atoms with E-state index in [1.807, 2.05) is 6.07 Å². The highest BCUT2D eigenvalue weighted by Crippen LogP contribution is 2.21. The Balaban J connectivity index is 1.58. The number of aromatic hydroxyl groups is 1. The molecule has 0 aliphatic rings. The van der Waals surface area contributed by atoms with Gasteiger partial charge in [0, 0.05) is 24.6 Å². The number of anilines is 1. The van der Waals surface area contributed by atoms with Crippen LogP contribution in [0.4, 0.5) is 5.69 Å². The normalized spacial score (nSPS) is 10.8. The van der Waals surface area contributed by atoms with Gasteiger partial charge >= 0.3 is 0 Å². The second-order valence-corrected chi connectivity index (χ2v) is 5.93. The molecule has 3 rings (SSSR count). The van der Waals surface area contributed by atoms with Crippen LogP contribution in [0.2, 0.25) is 0 Å². The summed E-state index contributed by atoms with van der Waals surface area (Å²) in [7, 11) is 0. The van der Waals surface area contributed by atoms with Gasteiger partial charge in [-0.05, 0) is 37.1 Å². The molecule has 1 amide bonds. The van der Waals surface area contributed by atoms with Crippen LogP contribution in [0.25, 0.3) is 10.9 Å². The zero-order chi connectivity index (χ0) is 17.8. The fourth-order valence-electron chi connectivity index (χ4n) is 2.58. The SMILES string of the molecule is Cc1ccc(NC(=O)CCCc2nc3ccccc3c(=O)[nH]2)cc1O. The van der Waals surface area contributed by atoms with E-state index in [2.05, 4.69) is 15.3 Å². The summed E-state index contributed by atoms with van der Waals surface area (Å²) in [6.07, 6.45) is 1.36. The smallest absolute Gasteiger partial charge is 0.258 e. The number of nitrogens with one attached hydrogen (secondary N) is 2. The van der Waals surface area contributed by atoms with Crippen molar-refractivity contribution < 1.29 is 9.90 Å². The molecule has 0 atom stereocenters. The predicted molar refractivity (Wildman–Crippen MR) is 96.8 cm³/mol. The maximum atomic E-state index is 12.0. The summed E-state index contributed by atoms with van der Waals surface area (Å²) in [6, 6.07) is 12.2. The topological polar surface area (TPSA) is 95.1 Å². The molecule has 0 radical (unpaired) electrons. The molecule has 0 saturated heterocycles. The average Bonchev–Trinajstić information content (AvgIpc) is 2.58. The number of nitrogens with zero attached hydrogens (tertiary/aromatic N) is 1. The number of hydrogen-bond acceptors (Lipinski definition) is 4. The number of rotatable bonds is 5. The van der Waals surface area contributed by atoms with Crippen LogP contribution in [0.15, 0.2) is 47.3 Å². The minimum atomic E-state index is -0.166. The predicted octanol–water partition coefficient (Wildman–Crippen LogP) is 2.90. The molecule has 0 bridgehead atoms. The number of hydrogen-bond donors (Lipinski definition) is 3. The molecule has 0 unspecified atom stereocenters. The Morgan fingerprint density at radius 3 is 2.84 bits per heavy atom. The van der Waals surface area contributed by atoms with E-state index in [-0.39, 0.29) is 17.2 Å². The lowest BCUT2D eigenvalue weighted by molar-refractivity contribution is -0.116. The molecule has 128 valence electrons. The number of carbonyl (C=O) groups excluding carboxylic acids is 1. The Bertz CT molecular complexity index is 979. The van der Waals surface area contributed by atoms with Gasteiger partial charge in [0.15, 0.2) is 0 Å². The number of phenols is 1. The highest BCUT2D eigenvalue weighted by atomic mass is 16.3. The molecule has 0 saturated carbocycles. The number of aryl methyl sites for hydroxylation is 2. The molecule has 0 fully saturated rings. The molecular formula is C19H19N3O3. The van der Waals surface area contributed by atoms with E-state index in [9.17, 15) is 14.7 Å². The lowest BCUT2D eigenvalue weighted by atomic mass is 10.2. The number of fused-ring (bicyclic) bond motifs is 1. The monoisotopic (exact) mass is 337 g/mol. The molecule has 6 nitrogen and oxygen atoms in total. The van der Waals surface area contributed by atoms with Gasteiger partial charge in [-0.3, -0.25) is 9.59 Å². The molecule has 0 aliphatic carbocycles. The third-order valence-corrected chi connectivity index (χ3v) is 3.97. The first-order valence-corrected chi connectivity index (χ1v) is 8.10. The highest BCUT2D eigenvalue weighted by molar-refractivity contribution is 5.90. The van der Waals surface area contributed by atoms with E-state index >= 15 is 0 Å². The van der Waals surface area contributed by atoms with E-state index in [4.69, 9.17) is 0 Å². The first kappa shape index (κ1) is 16.7. The number of para-hydroxylation sites is 1. The lowest BCUT2D eigenvalue weighted by Crippen LogP contribution is -2.14. The van der Waals surface area contributed by atoms with E-state index in [0.29, 0.717) is 41.7 Å². The quantitative estimate of drug-likeness (QED) is 0.667. The van der Waals surface area contributed by atoms with Crippen LogP contribution in [0.1, 0.15) is 24.2 Å². The Labute approximate surface area is 144 Å². The van der Waals surface area contributed by atoms with Crippen LogP contribution in [-0.4, -0.2) is 21.0 Å². The Kier molecular flexibility index (Phi) is 4.79. The standard InChI is InChI=1S/C19H19N3O3/c1-12-9-10-13(11-16(12)23)20-18(24)8-4-7-17-21-15-6-3-2-5-14(15)19(25)22-17/h2-3,5-6,9-11,23H,4,7-8H2,1H3,(H,20,24)(H,21,22,25). The van der Waals surface area contributed by atoms with Crippen molar-refractivity contribution in [1.82, 2.24) is 9.97 Å².